The number of rotatable bonds is 9. The summed E-state index contributed by atoms with van der Waals surface area (Å²) < 4.78 is 0. The third-order valence-corrected chi connectivity index (χ3v) is 5.90. The first-order chi connectivity index (χ1) is 13.4. The number of hydrogen-bond acceptors (Lipinski definition) is 3. The molecule has 150 valence electrons. The second-order valence-corrected chi connectivity index (χ2v) is 8.39. The van der Waals surface area contributed by atoms with E-state index in [1.165, 1.54) is 0 Å². The number of thioether (sulfide) groups is 1. The third kappa shape index (κ3) is 7.04. The number of nitrogens with one attached hydrogen (secondary N) is 1. The maximum atomic E-state index is 12.8. The summed E-state index contributed by atoms with van der Waals surface area (Å²) in [5.41, 5.74) is 0.934. The molecule has 0 saturated carbocycles. The lowest BCUT2D eigenvalue weighted by molar-refractivity contribution is -0.140. The quantitative estimate of drug-likeness (QED) is 0.441. The first-order valence-electron chi connectivity index (χ1n) is 9.04. The first-order valence-corrected chi connectivity index (χ1v) is 10.8. The van der Waals surface area contributed by atoms with Crippen molar-refractivity contribution in [2.24, 2.45) is 0 Å². The van der Waals surface area contributed by atoms with Crippen LogP contribution < -0.4 is 5.32 Å². The molecule has 7 heteroatoms. The average molecular weight is 439 g/mol. The van der Waals surface area contributed by atoms with Gasteiger partial charge in [-0.25, -0.2) is 0 Å². The van der Waals surface area contributed by atoms with Crippen molar-refractivity contribution in [2.45, 2.75) is 37.2 Å². The summed E-state index contributed by atoms with van der Waals surface area (Å²) in [6.45, 7) is 2.12. The molecule has 0 aliphatic heterocycles. The Hall–Kier alpha value is -1.69. The zero-order valence-electron chi connectivity index (χ0n) is 16.0. The number of carbonyl (C=O) groups excluding carboxylic acids is 2. The van der Waals surface area contributed by atoms with E-state index in [9.17, 15) is 9.59 Å². The standard InChI is InChI=1S/C21H24Cl2N2O2S/c1-15(21(27)24-2)25(14-16-5-7-17(22)8-6-16)20(26)4-3-13-28-19-11-9-18(23)10-12-19/h5-12,15H,3-4,13-14H2,1-2H3,(H,24,27)/t15-/m1/s1. The number of hydrogen-bond donors (Lipinski definition) is 1. The maximum Gasteiger partial charge on any atom is 0.242 e. The Morgan fingerprint density at radius 2 is 1.61 bits per heavy atom. The van der Waals surface area contributed by atoms with Crippen LogP contribution in [-0.4, -0.2) is 35.6 Å². The third-order valence-electron chi connectivity index (χ3n) is 4.30. The van der Waals surface area contributed by atoms with Crippen LogP contribution in [0.1, 0.15) is 25.3 Å². The molecule has 0 aliphatic carbocycles. The highest BCUT2D eigenvalue weighted by atomic mass is 35.5. The Balaban J connectivity index is 1.94. The van der Waals surface area contributed by atoms with Crippen LogP contribution in [0.3, 0.4) is 0 Å². The summed E-state index contributed by atoms with van der Waals surface area (Å²) in [6.07, 6.45) is 1.11. The maximum absolute atomic E-state index is 12.8. The van der Waals surface area contributed by atoms with Crippen LogP contribution in [0.25, 0.3) is 0 Å². The van der Waals surface area contributed by atoms with Gasteiger partial charge in [-0.3, -0.25) is 9.59 Å². The summed E-state index contributed by atoms with van der Waals surface area (Å²) in [7, 11) is 1.58. The van der Waals surface area contributed by atoms with Gasteiger partial charge in [-0.05, 0) is 61.1 Å². The molecule has 4 nitrogen and oxygen atoms in total. The summed E-state index contributed by atoms with van der Waals surface area (Å²) >= 11 is 13.5. The van der Waals surface area contributed by atoms with Crippen molar-refractivity contribution >= 4 is 46.8 Å². The van der Waals surface area contributed by atoms with Crippen molar-refractivity contribution in [2.75, 3.05) is 12.8 Å². The molecule has 1 atom stereocenters. The Morgan fingerprint density at radius 1 is 1.04 bits per heavy atom. The van der Waals surface area contributed by atoms with Crippen molar-refractivity contribution < 1.29 is 9.59 Å². The molecule has 1 N–H and O–H groups in total. The fourth-order valence-corrected chi connectivity index (χ4v) is 3.77. The summed E-state index contributed by atoms with van der Waals surface area (Å²) in [6, 6.07) is 14.4. The Bertz CT molecular complexity index is 782. The summed E-state index contributed by atoms with van der Waals surface area (Å²) in [4.78, 5) is 27.7. The molecule has 0 aromatic heterocycles. The molecule has 0 bridgehead atoms. The molecule has 2 aromatic rings. The summed E-state index contributed by atoms with van der Waals surface area (Å²) in [5.74, 6) is 0.594. The Kier molecular flexibility index (Phi) is 9.16. The van der Waals surface area contributed by atoms with Gasteiger partial charge in [0.15, 0.2) is 0 Å². The predicted octanol–water partition coefficient (Wildman–Crippen LogP) is 5.03. The molecular formula is C21H24Cl2N2O2S. The van der Waals surface area contributed by atoms with E-state index in [-0.39, 0.29) is 11.8 Å². The van der Waals surface area contributed by atoms with Gasteiger partial charge in [0.05, 0.1) is 0 Å². The zero-order chi connectivity index (χ0) is 20.5. The van der Waals surface area contributed by atoms with E-state index in [0.717, 1.165) is 22.6 Å². The second-order valence-electron chi connectivity index (χ2n) is 6.34. The van der Waals surface area contributed by atoms with Crippen LogP contribution >= 0.6 is 35.0 Å². The number of likely N-dealkylation sites (N-methyl/N-ethyl adjacent to an activating group) is 1. The van der Waals surface area contributed by atoms with Crippen molar-refractivity contribution in [1.82, 2.24) is 10.2 Å². The largest absolute Gasteiger partial charge is 0.357 e. The fourth-order valence-electron chi connectivity index (χ4n) is 2.67. The van der Waals surface area contributed by atoms with Crippen LogP contribution in [-0.2, 0) is 16.1 Å². The summed E-state index contributed by atoms with van der Waals surface area (Å²) in [5, 5.41) is 3.97. The smallest absolute Gasteiger partial charge is 0.242 e. The minimum atomic E-state index is -0.544. The van der Waals surface area contributed by atoms with Gasteiger partial charge in [-0.1, -0.05) is 35.3 Å². The van der Waals surface area contributed by atoms with Crippen molar-refractivity contribution in [3.05, 3.63) is 64.1 Å². The average Bonchev–Trinajstić information content (AvgIpc) is 2.70. The molecule has 2 rings (SSSR count). The molecule has 0 spiro atoms. The van der Waals surface area contributed by atoms with E-state index in [1.807, 2.05) is 36.4 Å². The van der Waals surface area contributed by atoms with Gasteiger partial charge in [-0.15, -0.1) is 11.8 Å². The molecule has 0 unspecified atom stereocenters. The van der Waals surface area contributed by atoms with Crippen LogP contribution in [0.5, 0.6) is 0 Å². The van der Waals surface area contributed by atoms with E-state index in [1.54, 1.807) is 42.8 Å². The molecule has 0 heterocycles. The Labute approximate surface area is 180 Å². The van der Waals surface area contributed by atoms with Gasteiger partial charge in [0.2, 0.25) is 11.8 Å². The highest BCUT2D eigenvalue weighted by molar-refractivity contribution is 7.99. The molecule has 0 radical (unpaired) electrons. The van der Waals surface area contributed by atoms with E-state index in [4.69, 9.17) is 23.2 Å². The zero-order valence-corrected chi connectivity index (χ0v) is 18.3. The van der Waals surface area contributed by atoms with Gasteiger partial charge in [0.1, 0.15) is 6.04 Å². The predicted molar refractivity (Wildman–Crippen MR) is 117 cm³/mol. The van der Waals surface area contributed by atoms with E-state index >= 15 is 0 Å². The highest BCUT2D eigenvalue weighted by Gasteiger charge is 2.25. The van der Waals surface area contributed by atoms with Gasteiger partial charge < -0.3 is 10.2 Å². The monoisotopic (exact) mass is 438 g/mol. The van der Waals surface area contributed by atoms with Crippen LogP contribution in [0.2, 0.25) is 10.0 Å². The lowest BCUT2D eigenvalue weighted by atomic mass is 10.1. The first kappa shape index (κ1) is 22.6. The van der Waals surface area contributed by atoms with E-state index in [2.05, 4.69) is 5.32 Å². The molecule has 2 amide bonds. The fraction of sp³-hybridized carbons (Fsp3) is 0.333. The van der Waals surface area contributed by atoms with Crippen molar-refractivity contribution in [3.63, 3.8) is 0 Å². The lowest BCUT2D eigenvalue weighted by Crippen LogP contribution is -2.46. The Morgan fingerprint density at radius 3 is 2.18 bits per heavy atom. The lowest BCUT2D eigenvalue weighted by Gasteiger charge is -2.28. The van der Waals surface area contributed by atoms with Crippen molar-refractivity contribution in [1.29, 1.82) is 0 Å². The van der Waals surface area contributed by atoms with Gasteiger partial charge in [0, 0.05) is 35.0 Å². The minimum absolute atomic E-state index is 0.0391. The van der Waals surface area contributed by atoms with Gasteiger partial charge in [-0.2, -0.15) is 0 Å². The molecule has 0 fully saturated rings. The molecule has 0 aliphatic rings. The number of benzene rings is 2. The van der Waals surface area contributed by atoms with Crippen LogP contribution in [0, 0.1) is 0 Å². The number of amides is 2. The molecule has 0 saturated heterocycles. The number of halogens is 2. The molecule has 2 aromatic carbocycles. The number of nitrogens with zero attached hydrogens (tertiary/aromatic N) is 1. The molecular weight excluding hydrogens is 415 g/mol. The second kappa shape index (κ2) is 11.3. The van der Waals surface area contributed by atoms with Gasteiger partial charge in [0.25, 0.3) is 0 Å². The van der Waals surface area contributed by atoms with E-state index < -0.39 is 6.04 Å². The SMILES string of the molecule is CNC(=O)[C@@H](C)N(Cc1ccc(Cl)cc1)C(=O)CCCSc1ccc(Cl)cc1. The van der Waals surface area contributed by atoms with Crippen LogP contribution in [0.15, 0.2) is 53.4 Å². The number of carbonyl (C=O) groups is 2. The molecule has 28 heavy (non-hydrogen) atoms. The highest BCUT2D eigenvalue weighted by Crippen LogP contribution is 2.22. The topological polar surface area (TPSA) is 49.4 Å². The van der Waals surface area contributed by atoms with E-state index in [0.29, 0.717) is 23.0 Å². The normalized spacial score (nSPS) is 11.7. The van der Waals surface area contributed by atoms with Crippen LogP contribution in [0.4, 0.5) is 0 Å². The van der Waals surface area contributed by atoms with Crippen molar-refractivity contribution in [3.8, 4) is 0 Å². The van der Waals surface area contributed by atoms with Gasteiger partial charge >= 0.3 is 0 Å². The minimum Gasteiger partial charge on any atom is -0.357 e.